The number of nitrogens with one attached hydrogen (secondary N) is 1. The average molecular weight is 366 g/mol. The number of nitrogen functional groups attached to an aromatic ring is 1. The fraction of sp³-hybridized carbons (Fsp3) is 0.214. The molecule has 9 nitrogen and oxygen atoms in total. The molecular weight excluding hydrogens is 353 g/mol. The standard InChI is InChI=1S/C14H14FN5O4S/c15-8-2-1-3-9(6-8)17-11(21)7-25-14-19-18-10(4-5-12(22)23)13(24)20(14)16/h1-3,6H,4-5,7,16H2,(H,17,21)(H,22,23)/p-1. The fourth-order valence-electron chi connectivity index (χ4n) is 1.79. The molecule has 1 aromatic heterocycles. The molecule has 1 amide bonds. The molecule has 11 heteroatoms. The number of nitrogens with zero attached hydrogens (tertiary/aromatic N) is 3. The third kappa shape index (κ3) is 5.28. The van der Waals surface area contributed by atoms with E-state index in [-0.39, 0.29) is 29.4 Å². The Bertz CT molecular complexity index is 857. The van der Waals surface area contributed by atoms with E-state index in [1.165, 1.54) is 18.2 Å². The Kier molecular flexibility index (Phi) is 6.06. The summed E-state index contributed by atoms with van der Waals surface area (Å²) in [4.78, 5) is 34.2. The lowest BCUT2D eigenvalue weighted by molar-refractivity contribution is -0.305. The van der Waals surface area contributed by atoms with Gasteiger partial charge in [0.05, 0.1) is 5.75 Å². The van der Waals surface area contributed by atoms with Crippen LogP contribution in [0.4, 0.5) is 10.1 Å². The number of carbonyl (C=O) groups is 2. The van der Waals surface area contributed by atoms with Crippen LogP contribution in [0.3, 0.4) is 0 Å². The first-order valence-electron chi connectivity index (χ1n) is 6.98. The third-order valence-corrected chi connectivity index (χ3v) is 3.88. The number of carboxylic acid groups (broad SMARTS) is 1. The molecule has 0 atom stereocenters. The van der Waals surface area contributed by atoms with Gasteiger partial charge in [-0.2, -0.15) is 4.68 Å². The van der Waals surface area contributed by atoms with Crippen molar-refractivity contribution in [3.8, 4) is 0 Å². The number of halogens is 1. The number of thioether (sulfide) groups is 1. The van der Waals surface area contributed by atoms with Gasteiger partial charge >= 0.3 is 0 Å². The highest BCUT2D eigenvalue weighted by Crippen LogP contribution is 2.14. The van der Waals surface area contributed by atoms with Crippen molar-refractivity contribution >= 4 is 29.3 Å². The van der Waals surface area contributed by atoms with E-state index in [0.29, 0.717) is 10.4 Å². The summed E-state index contributed by atoms with van der Waals surface area (Å²) in [5, 5.41) is 20.2. The van der Waals surface area contributed by atoms with Crippen LogP contribution in [0, 0.1) is 5.82 Å². The van der Waals surface area contributed by atoms with Crippen LogP contribution in [0.25, 0.3) is 0 Å². The molecule has 0 spiro atoms. The van der Waals surface area contributed by atoms with E-state index in [1.807, 2.05) is 0 Å². The molecule has 0 unspecified atom stereocenters. The van der Waals surface area contributed by atoms with Crippen LogP contribution >= 0.6 is 11.8 Å². The molecule has 0 saturated heterocycles. The molecule has 132 valence electrons. The van der Waals surface area contributed by atoms with E-state index < -0.39 is 23.3 Å². The van der Waals surface area contributed by atoms with Gasteiger partial charge < -0.3 is 21.1 Å². The van der Waals surface area contributed by atoms with Gasteiger partial charge in [-0.15, -0.1) is 10.2 Å². The van der Waals surface area contributed by atoms with Gasteiger partial charge in [0, 0.05) is 18.1 Å². The van der Waals surface area contributed by atoms with Gasteiger partial charge in [-0.3, -0.25) is 9.59 Å². The molecule has 3 N–H and O–H groups in total. The number of benzene rings is 1. The van der Waals surface area contributed by atoms with Gasteiger partial charge in [0.1, 0.15) is 11.5 Å². The van der Waals surface area contributed by atoms with Crippen LogP contribution in [0.5, 0.6) is 0 Å². The van der Waals surface area contributed by atoms with Gasteiger partial charge in [0.15, 0.2) is 0 Å². The molecule has 2 rings (SSSR count). The van der Waals surface area contributed by atoms with Crippen LogP contribution in [-0.2, 0) is 16.0 Å². The van der Waals surface area contributed by atoms with Gasteiger partial charge in [0.25, 0.3) is 5.56 Å². The quantitative estimate of drug-likeness (QED) is 0.464. The van der Waals surface area contributed by atoms with E-state index in [4.69, 9.17) is 5.84 Å². The van der Waals surface area contributed by atoms with E-state index in [9.17, 15) is 23.9 Å². The zero-order valence-corrected chi connectivity index (χ0v) is 13.6. The predicted molar refractivity (Wildman–Crippen MR) is 85.5 cm³/mol. The summed E-state index contributed by atoms with van der Waals surface area (Å²) in [7, 11) is 0. The summed E-state index contributed by atoms with van der Waals surface area (Å²) in [5.41, 5.74) is -0.524. The van der Waals surface area contributed by atoms with E-state index in [1.54, 1.807) is 0 Å². The molecule has 0 aliphatic carbocycles. The van der Waals surface area contributed by atoms with E-state index >= 15 is 0 Å². The summed E-state index contributed by atoms with van der Waals surface area (Å²) in [6.07, 6.45) is -0.539. The fourth-order valence-corrected chi connectivity index (χ4v) is 2.44. The minimum atomic E-state index is -1.32. The first-order valence-corrected chi connectivity index (χ1v) is 7.97. The Hall–Kier alpha value is -2.95. The summed E-state index contributed by atoms with van der Waals surface area (Å²) in [6.45, 7) is 0. The Labute approximate surface area is 145 Å². The number of aryl methyl sites for hydroxylation is 1. The molecule has 0 radical (unpaired) electrons. The second kappa shape index (κ2) is 8.24. The van der Waals surface area contributed by atoms with Crippen molar-refractivity contribution in [3.05, 3.63) is 46.1 Å². The summed E-state index contributed by atoms with van der Waals surface area (Å²) < 4.78 is 13.7. The molecule has 0 bridgehead atoms. The number of amides is 1. The molecule has 0 fully saturated rings. The first kappa shape index (κ1) is 18.4. The topological polar surface area (TPSA) is 143 Å². The third-order valence-electron chi connectivity index (χ3n) is 2.93. The van der Waals surface area contributed by atoms with E-state index in [2.05, 4.69) is 15.5 Å². The van der Waals surface area contributed by atoms with Gasteiger partial charge in [0.2, 0.25) is 11.1 Å². The number of aromatic nitrogens is 3. The Balaban J connectivity index is 1.98. The van der Waals surface area contributed by atoms with Crippen molar-refractivity contribution in [3.63, 3.8) is 0 Å². The monoisotopic (exact) mass is 366 g/mol. The van der Waals surface area contributed by atoms with E-state index in [0.717, 1.165) is 17.8 Å². The van der Waals surface area contributed by atoms with Gasteiger partial charge in [-0.05, 0) is 24.6 Å². The highest BCUT2D eigenvalue weighted by Gasteiger charge is 2.12. The summed E-state index contributed by atoms with van der Waals surface area (Å²) in [6, 6.07) is 5.38. The predicted octanol–water partition coefficient (Wildman–Crippen LogP) is -1.10. The first-order chi connectivity index (χ1) is 11.9. The number of carbonyl (C=O) groups excluding carboxylic acids is 2. The molecule has 0 aliphatic heterocycles. The maximum absolute atomic E-state index is 13.0. The number of hydrogen-bond donors (Lipinski definition) is 2. The van der Waals surface area contributed by atoms with Crippen molar-refractivity contribution in [1.29, 1.82) is 0 Å². The van der Waals surface area contributed by atoms with Crippen LogP contribution in [0.15, 0.2) is 34.2 Å². The molecule has 1 heterocycles. The van der Waals surface area contributed by atoms with Crippen LogP contribution in [0.1, 0.15) is 12.1 Å². The Morgan fingerprint density at radius 2 is 2.12 bits per heavy atom. The van der Waals surface area contributed by atoms with Gasteiger partial charge in [-0.1, -0.05) is 17.8 Å². The molecule has 2 aromatic rings. The van der Waals surface area contributed by atoms with Crippen molar-refractivity contribution in [2.75, 3.05) is 16.9 Å². The zero-order chi connectivity index (χ0) is 18.4. The number of rotatable bonds is 7. The lowest BCUT2D eigenvalue weighted by Gasteiger charge is -2.08. The maximum atomic E-state index is 13.0. The molecule has 1 aromatic carbocycles. The second-order valence-corrected chi connectivity index (χ2v) is 5.77. The highest BCUT2D eigenvalue weighted by molar-refractivity contribution is 7.99. The second-order valence-electron chi connectivity index (χ2n) is 4.82. The van der Waals surface area contributed by atoms with Crippen LogP contribution < -0.4 is 21.8 Å². The number of hydrogen-bond acceptors (Lipinski definition) is 8. The molecule has 25 heavy (non-hydrogen) atoms. The lowest BCUT2D eigenvalue weighted by atomic mass is 10.2. The van der Waals surface area contributed by atoms with Crippen molar-refractivity contribution in [2.45, 2.75) is 18.0 Å². The van der Waals surface area contributed by atoms with Crippen LogP contribution in [-0.4, -0.2) is 32.5 Å². The summed E-state index contributed by atoms with van der Waals surface area (Å²) in [5.74, 6) is 3.18. The number of nitrogens with two attached hydrogens (primary N) is 1. The smallest absolute Gasteiger partial charge is 0.294 e. The summed E-state index contributed by atoms with van der Waals surface area (Å²) >= 11 is 0.856. The minimum Gasteiger partial charge on any atom is -0.550 e. The number of anilines is 1. The SMILES string of the molecule is Nn1c(SCC(=O)Nc2cccc(F)c2)nnc(CCC(=O)[O-])c1=O. The molecule has 0 saturated carbocycles. The minimum absolute atomic E-state index is 0.0170. The lowest BCUT2D eigenvalue weighted by Crippen LogP contribution is -2.34. The Morgan fingerprint density at radius 3 is 2.80 bits per heavy atom. The van der Waals surface area contributed by atoms with Crippen molar-refractivity contribution < 1.29 is 19.1 Å². The average Bonchev–Trinajstić information content (AvgIpc) is 2.55. The normalized spacial score (nSPS) is 10.4. The van der Waals surface area contributed by atoms with Gasteiger partial charge in [-0.25, -0.2) is 4.39 Å². The zero-order valence-electron chi connectivity index (χ0n) is 12.8. The number of carboxylic acids is 1. The Morgan fingerprint density at radius 1 is 1.36 bits per heavy atom. The van der Waals surface area contributed by atoms with Crippen LogP contribution in [0.2, 0.25) is 0 Å². The maximum Gasteiger partial charge on any atom is 0.294 e. The van der Waals surface area contributed by atoms with Crippen molar-refractivity contribution in [1.82, 2.24) is 14.9 Å². The van der Waals surface area contributed by atoms with Crippen molar-refractivity contribution in [2.24, 2.45) is 0 Å². The molecular formula is C14H13FN5O4S-. The highest BCUT2D eigenvalue weighted by atomic mass is 32.2. The number of aliphatic carboxylic acids is 1. The molecule has 0 aliphatic rings. The largest absolute Gasteiger partial charge is 0.550 e.